The quantitative estimate of drug-likeness (QED) is 0.750. The van der Waals surface area contributed by atoms with Crippen LogP contribution in [0, 0.1) is 6.92 Å². The molecule has 0 fully saturated rings. The van der Waals surface area contributed by atoms with E-state index in [1.807, 2.05) is 60.7 Å². The third kappa shape index (κ3) is 2.94. The van der Waals surface area contributed by atoms with Crippen molar-refractivity contribution in [1.82, 2.24) is 0 Å². The van der Waals surface area contributed by atoms with Crippen molar-refractivity contribution in [3.05, 3.63) is 78.7 Å². The van der Waals surface area contributed by atoms with Crippen LogP contribution >= 0.6 is 0 Å². The molecule has 0 saturated carbocycles. The van der Waals surface area contributed by atoms with Crippen LogP contribution in [-0.2, 0) is 9.53 Å². The minimum atomic E-state index is -0.525. The normalized spacial score (nSPS) is 10.2. The van der Waals surface area contributed by atoms with Crippen LogP contribution in [0.15, 0.2) is 60.7 Å². The number of hydrogen-bond acceptors (Lipinski definition) is 2. The van der Waals surface area contributed by atoms with Crippen molar-refractivity contribution in [1.29, 1.82) is 0 Å². The molecule has 1 radical (unpaired) electrons. The first-order valence-electron chi connectivity index (χ1n) is 5.40. The first kappa shape index (κ1) is 11.4. The zero-order valence-electron chi connectivity index (χ0n) is 9.37. The van der Waals surface area contributed by atoms with Crippen LogP contribution < -0.4 is 0 Å². The van der Waals surface area contributed by atoms with Gasteiger partial charge in [-0.3, -0.25) is 4.79 Å². The minimum absolute atomic E-state index is 0.387. The summed E-state index contributed by atoms with van der Waals surface area (Å²) in [6.45, 7) is 3.27. The predicted molar refractivity (Wildman–Crippen MR) is 66.2 cm³/mol. The Balaban J connectivity index is 2.36. The predicted octanol–water partition coefficient (Wildman–Crippen LogP) is 3.15. The summed E-state index contributed by atoms with van der Waals surface area (Å²) in [4.78, 5) is 11.1. The summed E-state index contributed by atoms with van der Waals surface area (Å²) in [7, 11) is 0. The fourth-order valence-corrected chi connectivity index (χ4v) is 1.72. The molecular formula is C15H13O2. The van der Waals surface area contributed by atoms with E-state index in [0.717, 1.165) is 11.1 Å². The molecule has 0 N–H and O–H groups in total. The lowest BCUT2D eigenvalue weighted by Crippen LogP contribution is -2.09. The van der Waals surface area contributed by atoms with Crippen molar-refractivity contribution in [3.8, 4) is 0 Å². The average molecular weight is 225 g/mol. The lowest BCUT2D eigenvalue weighted by Gasteiger charge is -2.17. The number of benzene rings is 2. The zero-order chi connectivity index (χ0) is 12.1. The van der Waals surface area contributed by atoms with E-state index in [1.54, 1.807) is 0 Å². The second-order valence-electron chi connectivity index (χ2n) is 3.69. The Labute approximate surface area is 101 Å². The van der Waals surface area contributed by atoms with Gasteiger partial charge >= 0.3 is 5.97 Å². The molecule has 0 atom stereocenters. The molecule has 0 aliphatic rings. The first-order chi connectivity index (χ1) is 8.27. The van der Waals surface area contributed by atoms with Crippen LogP contribution in [-0.4, -0.2) is 5.97 Å². The molecule has 0 saturated heterocycles. The lowest BCUT2D eigenvalue weighted by molar-refractivity contribution is -0.141. The SMILES string of the molecule is [CH2]C(=O)OC(c1ccccc1)c1ccccc1. The average Bonchev–Trinajstić information content (AvgIpc) is 2.38. The summed E-state index contributed by atoms with van der Waals surface area (Å²) in [6, 6.07) is 19.3. The van der Waals surface area contributed by atoms with Crippen LogP contribution in [0.1, 0.15) is 17.2 Å². The third-order valence-electron chi connectivity index (χ3n) is 2.45. The highest BCUT2D eigenvalue weighted by molar-refractivity contribution is 5.74. The second-order valence-corrected chi connectivity index (χ2v) is 3.69. The molecule has 2 aromatic carbocycles. The Morgan fingerprint density at radius 2 is 1.29 bits per heavy atom. The van der Waals surface area contributed by atoms with Crippen LogP contribution in [0.25, 0.3) is 0 Å². The molecule has 2 aromatic rings. The molecule has 0 unspecified atom stereocenters. The molecule has 0 amide bonds. The summed E-state index contributed by atoms with van der Waals surface area (Å²) in [5.41, 5.74) is 1.88. The van der Waals surface area contributed by atoms with Gasteiger partial charge in [0.1, 0.15) is 0 Å². The molecule has 0 aliphatic carbocycles. The smallest absolute Gasteiger partial charge is 0.307 e. The van der Waals surface area contributed by atoms with Gasteiger partial charge in [-0.1, -0.05) is 60.7 Å². The van der Waals surface area contributed by atoms with Gasteiger partial charge in [-0.05, 0) is 11.1 Å². The Kier molecular flexibility index (Phi) is 3.55. The molecule has 0 aromatic heterocycles. The Morgan fingerprint density at radius 3 is 1.65 bits per heavy atom. The largest absolute Gasteiger partial charge is 0.453 e. The lowest BCUT2D eigenvalue weighted by atomic mass is 10.0. The summed E-state index contributed by atoms with van der Waals surface area (Å²) in [6.07, 6.45) is -0.387. The molecule has 2 rings (SSSR count). The molecule has 0 bridgehead atoms. The topological polar surface area (TPSA) is 26.3 Å². The number of esters is 1. The van der Waals surface area contributed by atoms with Gasteiger partial charge in [0.2, 0.25) is 0 Å². The first-order valence-corrected chi connectivity index (χ1v) is 5.40. The molecule has 0 spiro atoms. The number of ether oxygens (including phenoxy) is 1. The van der Waals surface area contributed by atoms with E-state index >= 15 is 0 Å². The van der Waals surface area contributed by atoms with Crippen molar-refractivity contribution < 1.29 is 9.53 Å². The van der Waals surface area contributed by atoms with Crippen molar-refractivity contribution >= 4 is 5.97 Å². The van der Waals surface area contributed by atoms with Crippen molar-refractivity contribution in [3.63, 3.8) is 0 Å². The van der Waals surface area contributed by atoms with Crippen molar-refractivity contribution in [2.75, 3.05) is 0 Å². The molecule has 0 aliphatic heterocycles. The van der Waals surface area contributed by atoms with Gasteiger partial charge in [-0.15, -0.1) is 0 Å². The highest BCUT2D eigenvalue weighted by atomic mass is 16.5. The van der Waals surface area contributed by atoms with E-state index in [9.17, 15) is 4.79 Å². The van der Waals surface area contributed by atoms with Gasteiger partial charge in [0.05, 0.1) is 6.92 Å². The van der Waals surface area contributed by atoms with E-state index in [1.165, 1.54) is 0 Å². The summed E-state index contributed by atoms with van der Waals surface area (Å²) in [5.74, 6) is -0.525. The molecule has 17 heavy (non-hydrogen) atoms. The fourth-order valence-electron chi connectivity index (χ4n) is 1.72. The van der Waals surface area contributed by atoms with E-state index in [0.29, 0.717) is 0 Å². The number of carbonyl (C=O) groups excluding carboxylic acids is 1. The molecule has 2 nitrogen and oxygen atoms in total. The van der Waals surface area contributed by atoms with Crippen molar-refractivity contribution in [2.24, 2.45) is 0 Å². The molecule has 85 valence electrons. The van der Waals surface area contributed by atoms with Crippen LogP contribution in [0.4, 0.5) is 0 Å². The summed E-state index contributed by atoms with van der Waals surface area (Å²) >= 11 is 0. The number of rotatable bonds is 3. The van der Waals surface area contributed by atoms with E-state index < -0.39 is 5.97 Å². The number of carbonyl (C=O) groups is 1. The third-order valence-corrected chi connectivity index (χ3v) is 2.45. The molecule has 0 heterocycles. The maximum atomic E-state index is 11.1. The number of hydrogen-bond donors (Lipinski definition) is 0. The Hall–Kier alpha value is -2.09. The van der Waals surface area contributed by atoms with E-state index in [2.05, 4.69) is 6.92 Å². The second kappa shape index (κ2) is 5.30. The van der Waals surface area contributed by atoms with Crippen LogP contribution in [0.5, 0.6) is 0 Å². The van der Waals surface area contributed by atoms with E-state index in [-0.39, 0.29) is 6.10 Å². The minimum Gasteiger partial charge on any atom is -0.453 e. The van der Waals surface area contributed by atoms with E-state index in [4.69, 9.17) is 4.74 Å². The maximum absolute atomic E-state index is 11.1. The fraction of sp³-hybridized carbons (Fsp3) is 0.0667. The van der Waals surface area contributed by atoms with Gasteiger partial charge in [-0.25, -0.2) is 0 Å². The van der Waals surface area contributed by atoms with Crippen molar-refractivity contribution in [2.45, 2.75) is 6.10 Å². The van der Waals surface area contributed by atoms with Gasteiger partial charge < -0.3 is 4.74 Å². The van der Waals surface area contributed by atoms with Gasteiger partial charge in [-0.2, -0.15) is 0 Å². The monoisotopic (exact) mass is 225 g/mol. The standard InChI is InChI=1S/C15H13O2/c1-12(16)17-15(13-8-4-2-5-9-13)14-10-6-3-7-11-14/h2-11,15H,1H2. The highest BCUT2D eigenvalue weighted by Gasteiger charge is 2.16. The van der Waals surface area contributed by atoms with Crippen LogP contribution in [0.2, 0.25) is 0 Å². The van der Waals surface area contributed by atoms with Gasteiger partial charge in [0.15, 0.2) is 6.10 Å². The molecule has 2 heteroatoms. The highest BCUT2D eigenvalue weighted by Crippen LogP contribution is 2.25. The van der Waals surface area contributed by atoms with Gasteiger partial charge in [0, 0.05) is 0 Å². The van der Waals surface area contributed by atoms with Gasteiger partial charge in [0.25, 0.3) is 0 Å². The summed E-state index contributed by atoms with van der Waals surface area (Å²) < 4.78 is 5.27. The Bertz CT molecular complexity index is 437. The summed E-state index contributed by atoms with van der Waals surface area (Å²) in [5, 5.41) is 0. The maximum Gasteiger partial charge on any atom is 0.307 e. The Morgan fingerprint density at radius 1 is 0.882 bits per heavy atom. The van der Waals surface area contributed by atoms with Crippen LogP contribution in [0.3, 0.4) is 0 Å². The molecular weight excluding hydrogens is 212 g/mol. The zero-order valence-corrected chi connectivity index (χ0v) is 9.37.